The Labute approximate surface area is 162 Å². The Balaban J connectivity index is 1.49. The third kappa shape index (κ3) is 5.10. The molecular weight excluding hydrogens is 336 g/mol. The van der Waals surface area contributed by atoms with Crippen LogP contribution in [0.25, 0.3) is 0 Å². The molecule has 0 saturated carbocycles. The quantitative estimate of drug-likeness (QED) is 0.778. The van der Waals surface area contributed by atoms with Crippen LogP contribution in [0.4, 0.5) is 0 Å². The lowest BCUT2D eigenvalue weighted by atomic mass is 9.94. The number of carbonyl (C=O) groups excluding carboxylic acids is 1. The fraction of sp³-hybridized carbons (Fsp3) is 0.435. The second kappa shape index (κ2) is 9.05. The highest BCUT2D eigenvalue weighted by molar-refractivity contribution is 5.78. The van der Waals surface area contributed by atoms with Crippen LogP contribution < -0.4 is 4.74 Å². The Morgan fingerprint density at radius 2 is 1.78 bits per heavy atom. The Hall–Kier alpha value is -2.33. The van der Waals surface area contributed by atoms with Gasteiger partial charge >= 0.3 is 0 Å². The Morgan fingerprint density at radius 1 is 1.11 bits per heavy atom. The van der Waals surface area contributed by atoms with Crippen LogP contribution in [0.3, 0.4) is 0 Å². The van der Waals surface area contributed by atoms with Crippen LogP contribution in [-0.4, -0.2) is 43.0 Å². The minimum Gasteiger partial charge on any atom is -0.497 e. The number of aryl methyl sites for hydroxylation is 1. The number of amides is 1. The molecule has 0 unspecified atom stereocenters. The smallest absolute Gasteiger partial charge is 0.225 e. The second-order valence-corrected chi connectivity index (χ2v) is 7.52. The van der Waals surface area contributed by atoms with Crippen LogP contribution in [0.5, 0.6) is 5.75 Å². The zero-order valence-electron chi connectivity index (χ0n) is 16.6. The molecule has 1 aliphatic rings. The van der Waals surface area contributed by atoms with Gasteiger partial charge in [0.2, 0.25) is 5.91 Å². The van der Waals surface area contributed by atoms with Gasteiger partial charge in [-0.25, -0.2) is 0 Å². The molecule has 0 spiro atoms. The van der Waals surface area contributed by atoms with Crippen molar-refractivity contribution >= 4 is 5.91 Å². The summed E-state index contributed by atoms with van der Waals surface area (Å²) in [4.78, 5) is 17.2. The normalized spacial score (nSPS) is 15.5. The minimum absolute atomic E-state index is 0.140. The van der Waals surface area contributed by atoms with Crippen LogP contribution in [-0.2, 0) is 17.9 Å². The van der Waals surface area contributed by atoms with Gasteiger partial charge in [0, 0.05) is 26.1 Å². The second-order valence-electron chi connectivity index (χ2n) is 7.52. The summed E-state index contributed by atoms with van der Waals surface area (Å²) in [6.07, 6.45) is 1.88. The van der Waals surface area contributed by atoms with Crippen molar-refractivity contribution in [3.63, 3.8) is 0 Å². The van der Waals surface area contributed by atoms with Crippen LogP contribution >= 0.6 is 0 Å². The molecule has 1 saturated heterocycles. The van der Waals surface area contributed by atoms with E-state index >= 15 is 0 Å². The topological polar surface area (TPSA) is 32.8 Å². The lowest BCUT2D eigenvalue weighted by Gasteiger charge is -2.33. The van der Waals surface area contributed by atoms with E-state index in [0.29, 0.717) is 6.54 Å². The SMILES string of the molecule is COc1ccc(CN(C)C(=O)C2CCN(Cc3ccccc3C)CC2)cc1. The average Bonchev–Trinajstić information content (AvgIpc) is 2.70. The zero-order valence-corrected chi connectivity index (χ0v) is 16.6. The first-order chi connectivity index (χ1) is 13.1. The van der Waals surface area contributed by atoms with Gasteiger partial charge in [-0.3, -0.25) is 9.69 Å². The number of rotatable bonds is 6. The summed E-state index contributed by atoms with van der Waals surface area (Å²) >= 11 is 0. The predicted molar refractivity (Wildman–Crippen MR) is 109 cm³/mol. The van der Waals surface area contributed by atoms with Gasteiger partial charge < -0.3 is 9.64 Å². The first kappa shape index (κ1) is 19.4. The highest BCUT2D eigenvalue weighted by Gasteiger charge is 2.27. The molecule has 0 aromatic heterocycles. The first-order valence-electron chi connectivity index (χ1n) is 9.71. The van der Waals surface area contributed by atoms with Gasteiger partial charge in [-0.1, -0.05) is 36.4 Å². The van der Waals surface area contributed by atoms with E-state index in [0.717, 1.165) is 43.8 Å². The molecule has 0 N–H and O–H groups in total. The molecule has 4 heteroatoms. The highest BCUT2D eigenvalue weighted by atomic mass is 16.5. The van der Waals surface area contributed by atoms with E-state index in [2.05, 4.69) is 36.1 Å². The van der Waals surface area contributed by atoms with E-state index in [1.54, 1.807) is 7.11 Å². The number of likely N-dealkylation sites (tertiary alicyclic amines) is 1. The minimum atomic E-state index is 0.140. The van der Waals surface area contributed by atoms with Gasteiger partial charge in [0.15, 0.2) is 0 Å². The Kier molecular flexibility index (Phi) is 6.51. The van der Waals surface area contributed by atoms with Crippen molar-refractivity contribution in [3.8, 4) is 5.75 Å². The van der Waals surface area contributed by atoms with Crippen LogP contribution in [0, 0.1) is 12.8 Å². The van der Waals surface area contributed by atoms with E-state index in [-0.39, 0.29) is 11.8 Å². The van der Waals surface area contributed by atoms with Crippen LogP contribution in [0.2, 0.25) is 0 Å². The molecule has 1 amide bonds. The van der Waals surface area contributed by atoms with Gasteiger partial charge in [-0.2, -0.15) is 0 Å². The number of methoxy groups -OCH3 is 1. The van der Waals surface area contributed by atoms with Crippen LogP contribution in [0.15, 0.2) is 48.5 Å². The molecule has 1 fully saturated rings. The molecule has 0 radical (unpaired) electrons. The summed E-state index contributed by atoms with van der Waals surface area (Å²) in [5.74, 6) is 1.25. The largest absolute Gasteiger partial charge is 0.497 e. The number of ether oxygens (including phenoxy) is 1. The van der Waals surface area contributed by atoms with Gasteiger partial charge in [0.25, 0.3) is 0 Å². The molecule has 0 aliphatic carbocycles. The number of piperidine rings is 1. The van der Waals surface area contributed by atoms with E-state index in [9.17, 15) is 4.79 Å². The van der Waals surface area contributed by atoms with E-state index in [4.69, 9.17) is 4.74 Å². The molecule has 4 nitrogen and oxygen atoms in total. The fourth-order valence-corrected chi connectivity index (χ4v) is 3.76. The molecule has 0 atom stereocenters. The standard InChI is InChI=1S/C23H30N2O2/c1-18-6-4-5-7-21(18)17-25-14-12-20(13-15-25)23(26)24(2)16-19-8-10-22(27-3)11-9-19/h4-11,20H,12-17H2,1-3H3. The molecule has 2 aromatic rings. The number of hydrogen-bond donors (Lipinski definition) is 0. The number of benzene rings is 2. The Morgan fingerprint density at radius 3 is 2.41 bits per heavy atom. The summed E-state index contributed by atoms with van der Waals surface area (Å²) < 4.78 is 5.19. The van der Waals surface area contributed by atoms with Crippen molar-refractivity contribution in [1.82, 2.24) is 9.80 Å². The monoisotopic (exact) mass is 366 g/mol. The summed E-state index contributed by atoms with van der Waals surface area (Å²) in [6, 6.07) is 16.5. The van der Waals surface area contributed by atoms with Crippen molar-refractivity contribution in [2.75, 3.05) is 27.2 Å². The van der Waals surface area contributed by atoms with E-state index in [1.807, 2.05) is 36.2 Å². The maximum Gasteiger partial charge on any atom is 0.225 e. The van der Waals surface area contributed by atoms with Crippen molar-refractivity contribution < 1.29 is 9.53 Å². The lowest BCUT2D eigenvalue weighted by Crippen LogP contribution is -2.40. The maximum atomic E-state index is 12.8. The third-order valence-electron chi connectivity index (χ3n) is 5.55. The molecule has 3 rings (SSSR count). The number of hydrogen-bond acceptors (Lipinski definition) is 3. The molecule has 1 heterocycles. The number of carbonyl (C=O) groups is 1. The van der Waals surface area contributed by atoms with Crippen molar-refractivity contribution in [2.45, 2.75) is 32.9 Å². The lowest BCUT2D eigenvalue weighted by molar-refractivity contribution is -0.136. The maximum absolute atomic E-state index is 12.8. The van der Waals surface area contributed by atoms with Crippen molar-refractivity contribution in [2.24, 2.45) is 5.92 Å². The molecule has 2 aromatic carbocycles. The van der Waals surface area contributed by atoms with Crippen molar-refractivity contribution in [1.29, 1.82) is 0 Å². The van der Waals surface area contributed by atoms with Crippen molar-refractivity contribution in [3.05, 3.63) is 65.2 Å². The fourth-order valence-electron chi connectivity index (χ4n) is 3.76. The van der Waals surface area contributed by atoms with E-state index in [1.165, 1.54) is 11.1 Å². The van der Waals surface area contributed by atoms with Gasteiger partial charge in [-0.15, -0.1) is 0 Å². The third-order valence-corrected chi connectivity index (χ3v) is 5.55. The summed E-state index contributed by atoms with van der Waals surface area (Å²) in [5.41, 5.74) is 3.86. The van der Waals surface area contributed by atoms with Crippen LogP contribution in [0.1, 0.15) is 29.5 Å². The zero-order chi connectivity index (χ0) is 19.2. The summed E-state index contributed by atoms with van der Waals surface area (Å²) in [7, 11) is 3.57. The average molecular weight is 367 g/mol. The predicted octanol–water partition coefficient (Wildman–Crippen LogP) is 3.87. The summed E-state index contributed by atoms with van der Waals surface area (Å²) in [6.45, 7) is 5.77. The molecule has 1 aliphatic heterocycles. The molecule has 0 bridgehead atoms. The summed E-state index contributed by atoms with van der Waals surface area (Å²) in [5, 5.41) is 0. The van der Waals surface area contributed by atoms with Gasteiger partial charge in [0.1, 0.15) is 5.75 Å². The molecular formula is C23H30N2O2. The molecule has 144 valence electrons. The van der Waals surface area contributed by atoms with E-state index < -0.39 is 0 Å². The van der Waals surface area contributed by atoms with Gasteiger partial charge in [0.05, 0.1) is 7.11 Å². The highest BCUT2D eigenvalue weighted by Crippen LogP contribution is 2.22. The number of nitrogens with zero attached hydrogens (tertiary/aromatic N) is 2. The van der Waals surface area contributed by atoms with Gasteiger partial charge in [-0.05, 0) is 61.7 Å². The first-order valence-corrected chi connectivity index (χ1v) is 9.71. The molecule has 27 heavy (non-hydrogen) atoms. The Bertz CT molecular complexity index is 749.